The minimum atomic E-state index is -0.610. The summed E-state index contributed by atoms with van der Waals surface area (Å²) >= 11 is 0. The number of aromatic nitrogens is 2. The Bertz CT molecular complexity index is 611. The van der Waals surface area contributed by atoms with E-state index in [1.54, 1.807) is 13.3 Å². The number of aromatic amines is 1. The standard InChI is InChI=1S/C12H12N2O3/c1-17-10-4-2-9(3-5-10)8-14-7-6-13-11(15)12(14)16/h2-7H,8H2,1H3,(H,13,15). The average molecular weight is 232 g/mol. The van der Waals surface area contributed by atoms with Crippen LogP contribution in [0.15, 0.2) is 46.2 Å². The smallest absolute Gasteiger partial charge is 0.316 e. The molecule has 0 atom stereocenters. The number of methoxy groups -OCH3 is 1. The monoisotopic (exact) mass is 232 g/mol. The number of ether oxygens (including phenoxy) is 1. The highest BCUT2D eigenvalue weighted by atomic mass is 16.5. The fraction of sp³-hybridized carbons (Fsp3) is 0.167. The Kier molecular flexibility index (Phi) is 3.09. The summed E-state index contributed by atoms with van der Waals surface area (Å²) in [4.78, 5) is 24.9. The molecule has 0 fully saturated rings. The zero-order valence-corrected chi connectivity index (χ0v) is 9.34. The molecule has 1 N–H and O–H groups in total. The molecular weight excluding hydrogens is 220 g/mol. The van der Waals surface area contributed by atoms with E-state index in [0.717, 1.165) is 11.3 Å². The van der Waals surface area contributed by atoms with Crippen LogP contribution in [0.25, 0.3) is 0 Å². The van der Waals surface area contributed by atoms with Crippen molar-refractivity contribution in [2.75, 3.05) is 7.11 Å². The van der Waals surface area contributed by atoms with Crippen molar-refractivity contribution in [1.29, 1.82) is 0 Å². The molecule has 2 aromatic rings. The first-order valence-electron chi connectivity index (χ1n) is 5.12. The summed E-state index contributed by atoms with van der Waals surface area (Å²) in [5.74, 6) is 0.756. The Labute approximate surface area is 97.3 Å². The topological polar surface area (TPSA) is 64.1 Å². The van der Waals surface area contributed by atoms with Crippen molar-refractivity contribution in [3.05, 3.63) is 62.9 Å². The van der Waals surface area contributed by atoms with E-state index < -0.39 is 11.1 Å². The van der Waals surface area contributed by atoms with Crippen LogP contribution in [-0.2, 0) is 6.54 Å². The van der Waals surface area contributed by atoms with Crippen molar-refractivity contribution in [3.63, 3.8) is 0 Å². The molecule has 0 aliphatic rings. The third-order valence-corrected chi connectivity index (χ3v) is 2.44. The first-order chi connectivity index (χ1) is 8.20. The van der Waals surface area contributed by atoms with Gasteiger partial charge in [-0.05, 0) is 17.7 Å². The van der Waals surface area contributed by atoms with Gasteiger partial charge in [-0.1, -0.05) is 12.1 Å². The molecule has 0 spiro atoms. The molecule has 0 radical (unpaired) electrons. The molecule has 0 saturated carbocycles. The van der Waals surface area contributed by atoms with Gasteiger partial charge in [0.2, 0.25) is 0 Å². The summed E-state index contributed by atoms with van der Waals surface area (Å²) in [6, 6.07) is 7.33. The molecule has 0 saturated heterocycles. The Balaban J connectivity index is 2.28. The second kappa shape index (κ2) is 4.69. The number of H-pyrrole nitrogens is 1. The lowest BCUT2D eigenvalue weighted by atomic mass is 10.2. The lowest BCUT2D eigenvalue weighted by molar-refractivity contribution is 0.414. The zero-order chi connectivity index (χ0) is 12.3. The molecule has 1 aromatic carbocycles. The lowest BCUT2D eigenvalue weighted by Crippen LogP contribution is -2.35. The molecule has 2 rings (SSSR count). The third kappa shape index (κ3) is 2.44. The van der Waals surface area contributed by atoms with Gasteiger partial charge in [0.1, 0.15) is 5.75 Å². The van der Waals surface area contributed by atoms with Gasteiger partial charge in [-0.2, -0.15) is 0 Å². The predicted molar refractivity (Wildman–Crippen MR) is 63.4 cm³/mol. The molecule has 0 aliphatic carbocycles. The fourth-order valence-corrected chi connectivity index (χ4v) is 1.51. The summed E-state index contributed by atoms with van der Waals surface area (Å²) < 4.78 is 6.40. The molecule has 0 amide bonds. The molecule has 5 heteroatoms. The quantitative estimate of drug-likeness (QED) is 0.788. The van der Waals surface area contributed by atoms with Crippen molar-refractivity contribution in [2.45, 2.75) is 6.54 Å². The molecule has 0 bridgehead atoms. The molecule has 1 heterocycles. The number of nitrogens with one attached hydrogen (secondary N) is 1. The van der Waals surface area contributed by atoms with Crippen LogP contribution in [-0.4, -0.2) is 16.7 Å². The van der Waals surface area contributed by atoms with Crippen LogP contribution in [0.2, 0.25) is 0 Å². The van der Waals surface area contributed by atoms with Crippen LogP contribution in [0.5, 0.6) is 5.75 Å². The average Bonchev–Trinajstić information content (AvgIpc) is 2.36. The zero-order valence-electron chi connectivity index (χ0n) is 9.34. The van der Waals surface area contributed by atoms with Gasteiger partial charge in [-0.15, -0.1) is 0 Å². The van der Waals surface area contributed by atoms with Gasteiger partial charge in [-0.3, -0.25) is 9.59 Å². The Hall–Kier alpha value is -2.30. The third-order valence-electron chi connectivity index (χ3n) is 2.44. The first kappa shape index (κ1) is 11.2. The first-order valence-corrected chi connectivity index (χ1v) is 5.12. The normalized spacial score (nSPS) is 10.2. The molecule has 1 aromatic heterocycles. The Morgan fingerprint density at radius 3 is 2.59 bits per heavy atom. The molecular formula is C12H12N2O3. The molecule has 17 heavy (non-hydrogen) atoms. The second-order valence-corrected chi connectivity index (χ2v) is 3.57. The summed E-state index contributed by atoms with van der Waals surface area (Å²) in [5, 5.41) is 0. The highest BCUT2D eigenvalue weighted by Gasteiger charge is 2.00. The highest BCUT2D eigenvalue weighted by molar-refractivity contribution is 5.27. The summed E-state index contributed by atoms with van der Waals surface area (Å²) in [5.41, 5.74) is -0.233. The molecule has 88 valence electrons. The maximum atomic E-state index is 11.5. The minimum Gasteiger partial charge on any atom is -0.497 e. The maximum Gasteiger partial charge on any atom is 0.316 e. The van der Waals surface area contributed by atoms with Crippen molar-refractivity contribution in [1.82, 2.24) is 9.55 Å². The predicted octanol–water partition coefficient (Wildman–Crippen LogP) is 0.593. The highest BCUT2D eigenvalue weighted by Crippen LogP contribution is 2.11. The van der Waals surface area contributed by atoms with Crippen LogP contribution in [0.3, 0.4) is 0 Å². The van der Waals surface area contributed by atoms with Crippen LogP contribution in [0.4, 0.5) is 0 Å². The SMILES string of the molecule is COc1ccc(Cn2cc[nH]c(=O)c2=O)cc1. The van der Waals surface area contributed by atoms with E-state index in [2.05, 4.69) is 4.98 Å². The number of rotatable bonds is 3. The van der Waals surface area contributed by atoms with E-state index >= 15 is 0 Å². The van der Waals surface area contributed by atoms with Crippen molar-refractivity contribution < 1.29 is 4.74 Å². The van der Waals surface area contributed by atoms with Gasteiger partial charge in [0, 0.05) is 12.4 Å². The second-order valence-electron chi connectivity index (χ2n) is 3.57. The summed E-state index contributed by atoms with van der Waals surface area (Å²) in [6.07, 6.45) is 3.00. The molecule has 0 unspecified atom stereocenters. The van der Waals surface area contributed by atoms with Gasteiger partial charge in [0.05, 0.1) is 13.7 Å². The van der Waals surface area contributed by atoms with Gasteiger partial charge >= 0.3 is 11.1 Å². The summed E-state index contributed by atoms with van der Waals surface area (Å²) in [6.45, 7) is 0.368. The number of hydrogen-bond donors (Lipinski definition) is 1. The maximum absolute atomic E-state index is 11.5. The Morgan fingerprint density at radius 1 is 1.24 bits per heavy atom. The van der Waals surface area contributed by atoms with E-state index in [4.69, 9.17) is 4.74 Å². The van der Waals surface area contributed by atoms with E-state index in [1.807, 2.05) is 24.3 Å². The fourth-order valence-electron chi connectivity index (χ4n) is 1.51. The van der Waals surface area contributed by atoms with E-state index in [1.165, 1.54) is 10.8 Å². The van der Waals surface area contributed by atoms with Gasteiger partial charge in [-0.25, -0.2) is 0 Å². The molecule has 0 aliphatic heterocycles. The van der Waals surface area contributed by atoms with Crippen molar-refractivity contribution in [3.8, 4) is 5.75 Å². The number of nitrogens with zero attached hydrogens (tertiary/aromatic N) is 1. The van der Waals surface area contributed by atoms with Crippen LogP contribution >= 0.6 is 0 Å². The number of benzene rings is 1. The largest absolute Gasteiger partial charge is 0.497 e. The van der Waals surface area contributed by atoms with E-state index in [0.29, 0.717) is 6.54 Å². The van der Waals surface area contributed by atoms with Crippen LogP contribution in [0.1, 0.15) is 5.56 Å². The number of hydrogen-bond acceptors (Lipinski definition) is 3. The van der Waals surface area contributed by atoms with Crippen molar-refractivity contribution in [2.24, 2.45) is 0 Å². The van der Waals surface area contributed by atoms with E-state index in [9.17, 15) is 9.59 Å². The van der Waals surface area contributed by atoms with Crippen molar-refractivity contribution >= 4 is 0 Å². The minimum absolute atomic E-state index is 0.368. The van der Waals surface area contributed by atoms with Gasteiger partial charge in [0.25, 0.3) is 0 Å². The molecule has 5 nitrogen and oxygen atoms in total. The van der Waals surface area contributed by atoms with Crippen LogP contribution < -0.4 is 15.9 Å². The van der Waals surface area contributed by atoms with Gasteiger partial charge < -0.3 is 14.3 Å². The van der Waals surface area contributed by atoms with Gasteiger partial charge in [0.15, 0.2) is 0 Å². The lowest BCUT2D eigenvalue weighted by Gasteiger charge is -2.05. The summed E-state index contributed by atoms with van der Waals surface area (Å²) in [7, 11) is 1.59. The Morgan fingerprint density at radius 2 is 1.94 bits per heavy atom. The van der Waals surface area contributed by atoms with E-state index in [-0.39, 0.29) is 0 Å². The van der Waals surface area contributed by atoms with Crippen LogP contribution in [0, 0.1) is 0 Å².